The van der Waals surface area contributed by atoms with Crippen molar-refractivity contribution in [3.8, 4) is 0 Å². The van der Waals surface area contributed by atoms with E-state index in [0.29, 0.717) is 24.3 Å². The van der Waals surface area contributed by atoms with Crippen LogP contribution in [0.2, 0.25) is 0 Å². The molecule has 0 aromatic heterocycles. The summed E-state index contributed by atoms with van der Waals surface area (Å²) >= 11 is 0. The van der Waals surface area contributed by atoms with E-state index in [0.717, 1.165) is 0 Å². The number of diazo groups is 2. The molecule has 0 aliphatic carbocycles. The van der Waals surface area contributed by atoms with E-state index in [-0.39, 0.29) is 81.2 Å². The zero-order valence-corrected chi connectivity index (χ0v) is 23.0. The van der Waals surface area contributed by atoms with Crippen LogP contribution in [0.3, 0.4) is 0 Å². The molecule has 0 heterocycles. The van der Waals surface area contributed by atoms with Crippen LogP contribution in [0.5, 0.6) is 0 Å². The SMILES string of the molecule is N#[N+]c1cc(C(F)(F)F)cc(C(F)(F)F)c1.N#[N+]c1cc(C(F)(F)F)cc(C(F)(F)F)c1.[Cl-].[Cl-].[Cl-].[Cl-].[Zn+2]. The third kappa shape index (κ3) is 14.1. The van der Waals surface area contributed by atoms with Gasteiger partial charge < -0.3 is 49.6 Å². The van der Waals surface area contributed by atoms with E-state index in [9.17, 15) is 52.7 Å². The zero-order chi connectivity index (χ0) is 25.1. The molecule has 0 aliphatic rings. The summed E-state index contributed by atoms with van der Waals surface area (Å²) in [5, 5.41) is 16.4. The van der Waals surface area contributed by atoms with Crippen molar-refractivity contribution in [1.29, 1.82) is 10.8 Å². The van der Waals surface area contributed by atoms with E-state index >= 15 is 0 Å². The Morgan fingerprint density at radius 3 is 0.676 bits per heavy atom. The van der Waals surface area contributed by atoms with Crippen LogP contribution in [0, 0.1) is 10.8 Å². The van der Waals surface area contributed by atoms with Crippen LogP contribution in [0.15, 0.2) is 36.4 Å². The molecule has 0 saturated heterocycles. The Morgan fingerprint density at radius 2 is 0.568 bits per heavy atom. The average molecular weight is 689 g/mol. The topological polar surface area (TPSA) is 56.3 Å². The van der Waals surface area contributed by atoms with Gasteiger partial charge in [-0.1, -0.05) is 0 Å². The largest absolute Gasteiger partial charge is 2.00 e. The molecule has 0 aliphatic heterocycles. The van der Waals surface area contributed by atoms with Crippen molar-refractivity contribution in [2.24, 2.45) is 0 Å². The van der Waals surface area contributed by atoms with Gasteiger partial charge in [-0.15, -0.1) is 0 Å². The molecule has 21 heteroatoms. The molecule has 0 saturated carbocycles. The normalized spacial score (nSPS) is 10.6. The molecule has 0 N–H and O–H groups in total. The van der Waals surface area contributed by atoms with Crippen molar-refractivity contribution in [3.63, 3.8) is 0 Å². The zero-order valence-electron chi connectivity index (χ0n) is 17.0. The Hall–Kier alpha value is -1.78. The first-order valence-corrected chi connectivity index (χ1v) is 7.58. The predicted octanol–water partition coefficient (Wildman–Crippen LogP) is -3.57. The molecule has 37 heavy (non-hydrogen) atoms. The number of nitrogens with zero attached hydrogens (tertiary/aromatic N) is 4. The molecule has 0 amide bonds. The standard InChI is InChI=1S/2C8H3F6N2.4ClH.Zn/c2*9-7(10,11)4-1-5(8(12,13)14)3-6(2-4)16-15;;;;;/h2*1-3H;4*1H;/q2*+1;;;;;+2/p-4. The van der Waals surface area contributed by atoms with Crippen LogP contribution < -0.4 is 49.6 Å². The molecular weight excluding hydrogens is 683 g/mol. The summed E-state index contributed by atoms with van der Waals surface area (Å²) in [6.45, 7) is 0. The fourth-order valence-corrected chi connectivity index (χ4v) is 1.99. The van der Waals surface area contributed by atoms with Gasteiger partial charge in [0.2, 0.25) is 10.8 Å². The summed E-state index contributed by atoms with van der Waals surface area (Å²) in [6, 6.07) is 1.16. The minimum atomic E-state index is -4.93. The van der Waals surface area contributed by atoms with Crippen molar-refractivity contribution in [2.45, 2.75) is 24.7 Å². The van der Waals surface area contributed by atoms with E-state index in [1.165, 1.54) is 0 Å². The first kappa shape index (κ1) is 45.2. The molecule has 0 atom stereocenters. The maximum atomic E-state index is 12.2. The Bertz CT molecular complexity index is 924. The maximum Gasteiger partial charge on any atom is 2.00 e. The van der Waals surface area contributed by atoms with Crippen LogP contribution >= 0.6 is 0 Å². The summed E-state index contributed by atoms with van der Waals surface area (Å²) in [4.78, 5) is 4.64. The first-order chi connectivity index (χ1) is 14.3. The Kier molecular flexibility index (Phi) is 19.8. The molecule has 0 bridgehead atoms. The number of rotatable bonds is 0. The van der Waals surface area contributed by atoms with Crippen molar-refractivity contribution in [3.05, 3.63) is 68.6 Å². The smallest absolute Gasteiger partial charge is 1.00 e. The monoisotopic (exact) mass is 686 g/mol. The van der Waals surface area contributed by atoms with Gasteiger partial charge in [-0.05, 0) is 12.1 Å². The molecule has 0 unspecified atom stereocenters. The van der Waals surface area contributed by atoms with Crippen LogP contribution in [-0.4, -0.2) is 0 Å². The minimum absolute atomic E-state index is 0. The van der Waals surface area contributed by atoms with Crippen molar-refractivity contribution >= 4 is 11.4 Å². The number of benzene rings is 2. The molecular formula is C16H6Cl4F12N4Zn. The van der Waals surface area contributed by atoms with Crippen LogP contribution in [0.25, 0.3) is 9.95 Å². The Balaban J connectivity index is -0.000000163. The van der Waals surface area contributed by atoms with E-state index in [4.69, 9.17) is 10.8 Å². The summed E-state index contributed by atoms with van der Waals surface area (Å²) in [5.74, 6) is 0. The van der Waals surface area contributed by atoms with Crippen LogP contribution in [0.4, 0.5) is 64.1 Å². The fourth-order valence-electron chi connectivity index (χ4n) is 1.99. The first-order valence-electron chi connectivity index (χ1n) is 7.58. The molecule has 2 rings (SSSR count). The van der Waals surface area contributed by atoms with Gasteiger partial charge in [0.25, 0.3) is 0 Å². The number of halogens is 16. The van der Waals surface area contributed by atoms with Crippen molar-refractivity contribution in [2.75, 3.05) is 0 Å². The van der Waals surface area contributed by atoms with Gasteiger partial charge in [0.05, 0.1) is 22.3 Å². The van der Waals surface area contributed by atoms with E-state index < -0.39 is 58.3 Å². The van der Waals surface area contributed by atoms with Gasteiger partial charge in [-0.3, -0.25) is 0 Å². The molecule has 204 valence electrons. The molecule has 4 nitrogen and oxygen atoms in total. The van der Waals surface area contributed by atoms with Gasteiger partial charge in [-0.25, -0.2) is 0 Å². The van der Waals surface area contributed by atoms with E-state index in [2.05, 4.69) is 9.95 Å². The fraction of sp³-hybridized carbons (Fsp3) is 0.250. The quantitative estimate of drug-likeness (QED) is 0.164. The summed E-state index contributed by atoms with van der Waals surface area (Å²) < 4.78 is 146. The molecule has 0 fully saturated rings. The molecule has 0 radical (unpaired) electrons. The van der Waals surface area contributed by atoms with Crippen molar-refractivity contribution in [1.82, 2.24) is 0 Å². The number of hydrogen-bond acceptors (Lipinski definition) is 2. The predicted molar refractivity (Wildman–Crippen MR) is 82.4 cm³/mol. The molecule has 2 aromatic rings. The van der Waals surface area contributed by atoms with Gasteiger partial charge in [0, 0.05) is 24.3 Å². The molecule has 0 spiro atoms. The van der Waals surface area contributed by atoms with Gasteiger partial charge in [-0.2, -0.15) is 52.7 Å². The van der Waals surface area contributed by atoms with Crippen LogP contribution in [0.1, 0.15) is 22.3 Å². The van der Waals surface area contributed by atoms with Crippen molar-refractivity contribution < 1.29 is 122 Å². The maximum absolute atomic E-state index is 12.2. The summed E-state index contributed by atoms with van der Waals surface area (Å²) in [5.41, 5.74) is -7.68. The Labute approximate surface area is 236 Å². The third-order valence-electron chi connectivity index (χ3n) is 3.38. The number of alkyl halides is 12. The second-order valence-corrected chi connectivity index (χ2v) is 5.73. The molecule has 2 aromatic carbocycles. The van der Waals surface area contributed by atoms with E-state index in [1.807, 2.05) is 0 Å². The van der Waals surface area contributed by atoms with Gasteiger partial charge in [0.1, 0.15) is 0 Å². The minimum Gasteiger partial charge on any atom is -1.00 e. The van der Waals surface area contributed by atoms with Crippen LogP contribution in [-0.2, 0) is 44.2 Å². The van der Waals surface area contributed by atoms with Gasteiger partial charge >= 0.3 is 55.6 Å². The number of hydrogen-bond donors (Lipinski definition) is 0. The Morgan fingerprint density at radius 1 is 0.405 bits per heavy atom. The summed E-state index contributed by atoms with van der Waals surface area (Å²) in [7, 11) is 0. The van der Waals surface area contributed by atoms with E-state index in [1.54, 1.807) is 0 Å². The third-order valence-corrected chi connectivity index (χ3v) is 3.38. The summed E-state index contributed by atoms with van der Waals surface area (Å²) in [6.07, 6.45) is -19.7. The second-order valence-electron chi connectivity index (χ2n) is 5.73. The average Bonchev–Trinajstić information content (AvgIpc) is 2.65. The van der Waals surface area contributed by atoms with Gasteiger partial charge in [0.15, 0.2) is 9.95 Å². The second kappa shape index (κ2) is 16.2.